The summed E-state index contributed by atoms with van der Waals surface area (Å²) in [6.07, 6.45) is -3.29. The lowest BCUT2D eigenvalue weighted by atomic mass is 9.86. The molecule has 10 heteroatoms. The van der Waals surface area contributed by atoms with Crippen molar-refractivity contribution in [1.82, 2.24) is 19.9 Å². The number of halogens is 3. The van der Waals surface area contributed by atoms with Crippen molar-refractivity contribution in [2.75, 3.05) is 11.9 Å². The maximum atomic E-state index is 13.6. The molecule has 4 rings (SSSR count). The minimum atomic E-state index is -4.58. The molecule has 0 saturated heterocycles. The summed E-state index contributed by atoms with van der Waals surface area (Å²) >= 11 is 0. The molecule has 3 heterocycles. The lowest BCUT2D eigenvalue weighted by molar-refractivity contribution is -0.137. The van der Waals surface area contributed by atoms with E-state index in [1.165, 1.54) is 18.3 Å². The second-order valence-corrected chi connectivity index (χ2v) is 9.80. The molecule has 0 amide bonds. The summed E-state index contributed by atoms with van der Waals surface area (Å²) in [4.78, 5) is 17.5. The molecule has 0 radical (unpaired) electrons. The van der Waals surface area contributed by atoms with Crippen molar-refractivity contribution in [2.24, 2.45) is 5.92 Å². The summed E-state index contributed by atoms with van der Waals surface area (Å²) in [6, 6.07) is 15.0. The Morgan fingerprint density at radius 1 is 1.00 bits per heavy atom. The molecular weight excluding hydrogens is 493 g/mol. The standard InChI is InChI=1S/C28H27F3N6O/c1-17(2)14-38-15-23-36-25(34-19-9-7-18(8-10-19)27(3,4)16-32)20-11-12-22(35-26(20)37-23)24-21(28(29,30)31)6-5-13-33-24/h5-13,17H,14-15H2,1-4H3,(H,34,35,36,37). The van der Waals surface area contributed by atoms with E-state index in [9.17, 15) is 18.4 Å². The van der Waals surface area contributed by atoms with Gasteiger partial charge in [0.15, 0.2) is 11.5 Å². The fourth-order valence-electron chi connectivity index (χ4n) is 3.74. The number of hydrogen-bond acceptors (Lipinski definition) is 7. The van der Waals surface area contributed by atoms with Gasteiger partial charge in [0.25, 0.3) is 0 Å². The Bertz CT molecular complexity index is 1480. The van der Waals surface area contributed by atoms with Gasteiger partial charge in [0.1, 0.15) is 18.1 Å². The number of alkyl halides is 3. The lowest BCUT2D eigenvalue weighted by Crippen LogP contribution is -2.13. The number of ether oxygens (including phenoxy) is 1. The largest absolute Gasteiger partial charge is 0.418 e. The van der Waals surface area contributed by atoms with Crippen LogP contribution in [0.25, 0.3) is 22.4 Å². The number of nitrogens with one attached hydrogen (secondary N) is 1. The highest BCUT2D eigenvalue weighted by atomic mass is 19.4. The van der Waals surface area contributed by atoms with E-state index in [0.29, 0.717) is 35.2 Å². The van der Waals surface area contributed by atoms with Crippen molar-refractivity contribution in [2.45, 2.75) is 45.9 Å². The fraction of sp³-hybridized carbons (Fsp3) is 0.321. The van der Waals surface area contributed by atoms with E-state index >= 15 is 0 Å². The van der Waals surface area contributed by atoms with Gasteiger partial charge in [-0.25, -0.2) is 15.0 Å². The Morgan fingerprint density at radius 2 is 1.74 bits per heavy atom. The summed E-state index contributed by atoms with van der Waals surface area (Å²) in [7, 11) is 0. The molecule has 1 N–H and O–H groups in total. The zero-order chi connectivity index (χ0) is 27.5. The van der Waals surface area contributed by atoms with E-state index in [4.69, 9.17) is 4.74 Å². The number of benzene rings is 1. The highest BCUT2D eigenvalue weighted by Gasteiger charge is 2.34. The van der Waals surface area contributed by atoms with Gasteiger partial charge in [0.2, 0.25) is 0 Å². The number of anilines is 2. The molecule has 7 nitrogen and oxygen atoms in total. The summed E-state index contributed by atoms with van der Waals surface area (Å²) in [6.45, 7) is 8.32. The monoisotopic (exact) mass is 520 g/mol. The van der Waals surface area contributed by atoms with Gasteiger partial charge in [0.05, 0.1) is 28.1 Å². The van der Waals surface area contributed by atoms with Crippen LogP contribution in [0.1, 0.15) is 44.6 Å². The molecule has 1 aromatic carbocycles. The summed E-state index contributed by atoms with van der Waals surface area (Å²) in [5, 5.41) is 13.2. The lowest BCUT2D eigenvalue weighted by Gasteiger charge is -2.17. The van der Waals surface area contributed by atoms with Gasteiger partial charge in [-0.15, -0.1) is 0 Å². The minimum Gasteiger partial charge on any atom is -0.373 e. The molecule has 196 valence electrons. The molecule has 4 aromatic rings. The Hall–Kier alpha value is -4.10. The third-order valence-corrected chi connectivity index (χ3v) is 5.79. The number of rotatable bonds is 8. The van der Waals surface area contributed by atoms with Crippen LogP contribution in [0.2, 0.25) is 0 Å². The van der Waals surface area contributed by atoms with Crippen molar-refractivity contribution in [3.63, 3.8) is 0 Å². The molecule has 0 aliphatic heterocycles. The van der Waals surface area contributed by atoms with Crippen molar-refractivity contribution in [3.05, 3.63) is 71.7 Å². The van der Waals surface area contributed by atoms with E-state index in [1.807, 2.05) is 52.0 Å². The van der Waals surface area contributed by atoms with Gasteiger partial charge in [-0.3, -0.25) is 4.98 Å². The molecule has 0 aliphatic carbocycles. The number of nitrogens with zero attached hydrogens (tertiary/aromatic N) is 5. The van der Waals surface area contributed by atoms with Gasteiger partial charge in [-0.2, -0.15) is 18.4 Å². The van der Waals surface area contributed by atoms with Crippen molar-refractivity contribution in [3.8, 4) is 17.5 Å². The zero-order valence-electron chi connectivity index (χ0n) is 21.5. The van der Waals surface area contributed by atoms with Crippen LogP contribution in [-0.4, -0.2) is 26.5 Å². The van der Waals surface area contributed by atoms with E-state index in [1.54, 1.807) is 6.07 Å². The third-order valence-electron chi connectivity index (χ3n) is 5.79. The molecule has 0 atom stereocenters. The molecule has 0 fully saturated rings. The van der Waals surface area contributed by atoms with Gasteiger partial charge in [-0.05, 0) is 61.7 Å². The predicted octanol–water partition coefficient (Wildman–Crippen LogP) is 6.82. The first-order chi connectivity index (χ1) is 18.0. The van der Waals surface area contributed by atoms with Crippen LogP contribution in [0, 0.1) is 17.2 Å². The van der Waals surface area contributed by atoms with Gasteiger partial charge < -0.3 is 10.1 Å². The smallest absolute Gasteiger partial charge is 0.373 e. The van der Waals surface area contributed by atoms with Crippen molar-refractivity contribution < 1.29 is 17.9 Å². The molecule has 3 aromatic heterocycles. The highest BCUT2D eigenvalue weighted by molar-refractivity contribution is 5.90. The minimum absolute atomic E-state index is 0.0483. The second-order valence-electron chi connectivity index (χ2n) is 9.80. The molecule has 38 heavy (non-hydrogen) atoms. The van der Waals surface area contributed by atoms with Crippen molar-refractivity contribution in [1.29, 1.82) is 5.26 Å². The van der Waals surface area contributed by atoms with Gasteiger partial charge in [-0.1, -0.05) is 26.0 Å². The maximum absolute atomic E-state index is 13.6. The SMILES string of the molecule is CC(C)COCc1nc(Nc2ccc(C(C)(C)C#N)cc2)c2ccc(-c3ncccc3C(F)(F)F)nc2n1. The highest BCUT2D eigenvalue weighted by Crippen LogP contribution is 2.36. The van der Waals surface area contributed by atoms with Crippen LogP contribution in [0.15, 0.2) is 54.7 Å². The van der Waals surface area contributed by atoms with Crippen LogP contribution < -0.4 is 5.32 Å². The summed E-state index contributed by atoms with van der Waals surface area (Å²) in [5.41, 5.74) is 0.0508. The maximum Gasteiger partial charge on any atom is 0.418 e. The average molecular weight is 521 g/mol. The van der Waals surface area contributed by atoms with Gasteiger partial charge >= 0.3 is 6.18 Å². The van der Waals surface area contributed by atoms with Crippen molar-refractivity contribution >= 4 is 22.5 Å². The summed E-state index contributed by atoms with van der Waals surface area (Å²) < 4.78 is 46.5. The third kappa shape index (κ3) is 6.06. The molecule has 0 spiro atoms. The molecule has 0 saturated carbocycles. The number of fused-ring (bicyclic) bond motifs is 1. The van der Waals surface area contributed by atoms with E-state index in [2.05, 4.69) is 31.3 Å². The Balaban J connectivity index is 1.76. The zero-order valence-corrected chi connectivity index (χ0v) is 21.5. The number of aromatic nitrogens is 4. The number of pyridine rings is 2. The molecule has 0 bridgehead atoms. The Morgan fingerprint density at radius 3 is 2.39 bits per heavy atom. The first-order valence-corrected chi connectivity index (χ1v) is 12.0. The van der Waals surface area contributed by atoms with Gasteiger partial charge in [0, 0.05) is 18.5 Å². The molecule has 0 unspecified atom stereocenters. The Labute approximate surface area is 218 Å². The summed E-state index contributed by atoms with van der Waals surface area (Å²) in [5.74, 6) is 1.07. The fourth-order valence-corrected chi connectivity index (χ4v) is 3.74. The topological polar surface area (TPSA) is 96.6 Å². The van der Waals surface area contributed by atoms with Crippen LogP contribution in [0.4, 0.5) is 24.7 Å². The predicted molar refractivity (Wildman–Crippen MR) is 138 cm³/mol. The normalized spacial score (nSPS) is 12.1. The van der Waals surface area contributed by atoms with E-state index in [0.717, 1.165) is 11.6 Å². The quantitative estimate of drug-likeness (QED) is 0.272. The molecule has 0 aliphatic rings. The first kappa shape index (κ1) is 26.9. The van der Waals surface area contributed by atoms with E-state index in [-0.39, 0.29) is 23.6 Å². The van der Waals surface area contributed by atoms with E-state index < -0.39 is 17.2 Å². The van der Waals surface area contributed by atoms with Crippen LogP contribution >= 0.6 is 0 Å². The molecular formula is C28H27F3N6O. The number of nitriles is 1. The van der Waals surface area contributed by atoms with Crippen LogP contribution in [-0.2, 0) is 22.9 Å². The average Bonchev–Trinajstić information content (AvgIpc) is 2.88. The second kappa shape index (κ2) is 10.7. The first-order valence-electron chi connectivity index (χ1n) is 12.0. The van der Waals surface area contributed by atoms with Crippen LogP contribution in [0.3, 0.4) is 0 Å². The van der Waals surface area contributed by atoms with Crippen LogP contribution in [0.5, 0.6) is 0 Å². The Kier molecular flexibility index (Phi) is 7.60. The number of hydrogen-bond donors (Lipinski definition) is 1.